The largest absolute Gasteiger partial charge is 0.393 e. The maximum Gasteiger partial charge on any atom is 0.232 e. The number of hydrogen-bond acceptors (Lipinski definition) is 2. The van der Waals surface area contributed by atoms with E-state index in [0.717, 1.165) is 12.8 Å². The van der Waals surface area contributed by atoms with E-state index in [0.29, 0.717) is 17.1 Å². The van der Waals surface area contributed by atoms with Crippen molar-refractivity contribution >= 4 is 23.1 Å². The Balaban J connectivity index is 2.75. The summed E-state index contributed by atoms with van der Waals surface area (Å²) in [7, 11) is 0. The second-order valence-corrected chi connectivity index (χ2v) is 4.97. The summed E-state index contributed by atoms with van der Waals surface area (Å²) < 4.78 is 0. The molecule has 1 heterocycles. The van der Waals surface area contributed by atoms with Gasteiger partial charge in [-0.2, -0.15) is 0 Å². The van der Waals surface area contributed by atoms with E-state index in [1.165, 1.54) is 6.42 Å². The average molecular weight is 228 g/mol. The van der Waals surface area contributed by atoms with E-state index >= 15 is 0 Å². The minimum absolute atomic E-state index is 0.0854. The Kier molecular flexibility index (Phi) is 4.08. The van der Waals surface area contributed by atoms with Crippen molar-refractivity contribution in [3.8, 4) is 0 Å². The van der Waals surface area contributed by atoms with Gasteiger partial charge in [-0.05, 0) is 40.0 Å². The van der Waals surface area contributed by atoms with Gasteiger partial charge in [0.25, 0.3) is 0 Å². The predicted molar refractivity (Wildman–Crippen MR) is 65.6 cm³/mol. The van der Waals surface area contributed by atoms with Gasteiger partial charge in [-0.25, -0.2) is 0 Å². The Hall–Kier alpha value is -0.640. The summed E-state index contributed by atoms with van der Waals surface area (Å²) >= 11 is 4.87. The van der Waals surface area contributed by atoms with Gasteiger partial charge in [0.2, 0.25) is 5.91 Å². The van der Waals surface area contributed by atoms with Gasteiger partial charge in [-0.15, -0.1) is 0 Å². The third kappa shape index (κ3) is 2.68. The van der Waals surface area contributed by atoms with Crippen LogP contribution >= 0.6 is 12.2 Å². The molecule has 1 aliphatic rings. The fourth-order valence-electron chi connectivity index (χ4n) is 2.20. The molecule has 1 saturated heterocycles. The van der Waals surface area contributed by atoms with Crippen molar-refractivity contribution in [1.29, 1.82) is 0 Å². The van der Waals surface area contributed by atoms with Crippen molar-refractivity contribution in [2.24, 2.45) is 11.7 Å². The number of piperidine rings is 1. The SMILES string of the molecule is CC(C(=O)N1C(C)CCCC1C)C(N)=S. The average Bonchev–Trinajstić information content (AvgIpc) is 2.15. The zero-order valence-electron chi connectivity index (χ0n) is 9.69. The number of rotatable bonds is 2. The molecule has 15 heavy (non-hydrogen) atoms. The van der Waals surface area contributed by atoms with E-state index in [2.05, 4.69) is 13.8 Å². The predicted octanol–water partition coefficient (Wildman–Crippen LogP) is 1.70. The second kappa shape index (κ2) is 4.92. The minimum atomic E-state index is -0.331. The number of likely N-dealkylation sites (tertiary alicyclic amines) is 1. The molecule has 0 saturated carbocycles. The lowest BCUT2D eigenvalue weighted by Gasteiger charge is -2.40. The molecule has 3 nitrogen and oxygen atoms in total. The van der Waals surface area contributed by atoms with Crippen LogP contribution in [-0.2, 0) is 4.79 Å². The minimum Gasteiger partial charge on any atom is -0.393 e. The highest BCUT2D eigenvalue weighted by Gasteiger charge is 2.32. The molecular weight excluding hydrogens is 208 g/mol. The summed E-state index contributed by atoms with van der Waals surface area (Å²) in [5.41, 5.74) is 5.52. The Morgan fingerprint density at radius 1 is 1.40 bits per heavy atom. The van der Waals surface area contributed by atoms with E-state index in [4.69, 9.17) is 18.0 Å². The highest BCUT2D eigenvalue weighted by Crippen LogP contribution is 2.24. The van der Waals surface area contributed by atoms with Gasteiger partial charge in [0.15, 0.2) is 0 Å². The quantitative estimate of drug-likeness (QED) is 0.732. The smallest absolute Gasteiger partial charge is 0.232 e. The van der Waals surface area contributed by atoms with Crippen LogP contribution in [0.5, 0.6) is 0 Å². The van der Waals surface area contributed by atoms with Crippen molar-refractivity contribution in [2.45, 2.75) is 52.1 Å². The molecule has 3 unspecified atom stereocenters. The van der Waals surface area contributed by atoms with E-state index < -0.39 is 0 Å². The molecule has 4 heteroatoms. The van der Waals surface area contributed by atoms with Gasteiger partial charge in [0.05, 0.1) is 10.9 Å². The van der Waals surface area contributed by atoms with Crippen molar-refractivity contribution in [2.75, 3.05) is 0 Å². The number of nitrogens with two attached hydrogens (primary N) is 1. The van der Waals surface area contributed by atoms with Crippen molar-refractivity contribution in [3.63, 3.8) is 0 Å². The first kappa shape index (κ1) is 12.4. The lowest BCUT2D eigenvalue weighted by molar-refractivity contribution is -0.139. The number of amides is 1. The highest BCUT2D eigenvalue weighted by atomic mass is 32.1. The van der Waals surface area contributed by atoms with Crippen LogP contribution in [-0.4, -0.2) is 27.9 Å². The zero-order chi connectivity index (χ0) is 11.6. The maximum absolute atomic E-state index is 12.1. The fourth-order valence-corrected chi connectivity index (χ4v) is 2.30. The highest BCUT2D eigenvalue weighted by molar-refractivity contribution is 7.80. The molecule has 1 aliphatic heterocycles. The summed E-state index contributed by atoms with van der Waals surface area (Å²) in [6, 6.07) is 0.635. The van der Waals surface area contributed by atoms with Crippen LogP contribution in [0.25, 0.3) is 0 Å². The van der Waals surface area contributed by atoms with E-state index in [-0.39, 0.29) is 11.8 Å². The molecule has 0 aromatic heterocycles. The molecule has 1 amide bonds. The van der Waals surface area contributed by atoms with Gasteiger partial charge in [-0.1, -0.05) is 12.2 Å². The van der Waals surface area contributed by atoms with Crippen LogP contribution in [0.3, 0.4) is 0 Å². The van der Waals surface area contributed by atoms with Crippen LogP contribution < -0.4 is 5.73 Å². The van der Waals surface area contributed by atoms with Crippen LogP contribution in [0.4, 0.5) is 0 Å². The lowest BCUT2D eigenvalue weighted by Crippen LogP contribution is -2.51. The summed E-state index contributed by atoms with van der Waals surface area (Å²) in [5, 5.41) is 0. The molecule has 2 N–H and O–H groups in total. The van der Waals surface area contributed by atoms with E-state index in [9.17, 15) is 4.79 Å². The van der Waals surface area contributed by atoms with Crippen LogP contribution in [0.1, 0.15) is 40.0 Å². The molecule has 0 aromatic carbocycles. The standard InChI is InChI=1S/C11H20N2OS/c1-7-5-4-6-8(2)13(7)11(14)9(3)10(12)15/h7-9H,4-6H2,1-3H3,(H2,12,15). The maximum atomic E-state index is 12.1. The van der Waals surface area contributed by atoms with Crippen molar-refractivity contribution < 1.29 is 4.79 Å². The molecule has 3 atom stereocenters. The summed E-state index contributed by atoms with van der Waals surface area (Å²) in [5.74, 6) is -0.245. The first-order chi connectivity index (χ1) is 6.95. The van der Waals surface area contributed by atoms with E-state index in [1.54, 1.807) is 6.92 Å². The Morgan fingerprint density at radius 2 is 1.87 bits per heavy atom. The molecule has 0 aromatic rings. The van der Waals surface area contributed by atoms with Gasteiger partial charge >= 0.3 is 0 Å². The lowest BCUT2D eigenvalue weighted by atomic mass is 9.95. The number of hydrogen-bond donors (Lipinski definition) is 1. The third-order valence-electron chi connectivity index (χ3n) is 3.25. The van der Waals surface area contributed by atoms with Gasteiger partial charge in [-0.3, -0.25) is 4.79 Å². The van der Waals surface area contributed by atoms with Crippen molar-refractivity contribution in [1.82, 2.24) is 4.90 Å². The molecule has 86 valence electrons. The molecule has 0 bridgehead atoms. The normalized spacial score (nSPS) is 28.6. The molecule has 0 aliphatic carbocycles. The Bertz CT molecular complexity index is 257. The Labute approximate surface area is 97.0 Å². The van der Waals surface area contributed by atoms with Crippen LogP contribution in [0, 0.1) is 5.92 Å². The summed E-state index contributed by atoms with van der Waals surface area (Å²) in [4.78, 5) is 14.4. The summed E-state index contributed by atoms with van der Waals surface area (Å²) in [6.45, 7) is 5.98. The van der Waals surface area contributed by atoms with Crippen LogP contribution in [0.15, 0.2) is 0 Å². The number of nitrogens with zero attached hydrogens (tertiary/aromatic N) is 1. The zero-order valence-corrected chi connectivity index (χ0v) is 10.5. The third-order valence-corrected chi connectivity index (χ3v) is 3.60. The Morgan fingerprint density at radius 3 is 2.27 bits per heavy atom. The molecule has 1 fully saturated rings. The van der Waals surface area contributed by atoms with E-state index in [1.807, 2.05) is 4.90 Å². The molecule has 0 radical (unpaired) electrons. The van der Waals surface area contributed by atoms with Crippen LogP contribution in [0.2, 0.25) is 0 Å². The first-order valence-electron chi connectivity index (χ1n) is 5.56. The number of carbonyl (C=O) groups excluding carboxylic acids is 1. The molecule has 0 spiro atoms. The fraction of sp³-hybridized carbons (Fsp3) is 0.818. The topological polar surface area (TPSA) is 46.3 Å². The summed E-state index contributed by atoms with van der Waals surface area (Å²) in [6.07, 6.45) is 3.37. The number of carbonyl (C=O) groups is 1. The van der Waals surface area contributed by atoms with Gasteiger partial charge in [0, 0.05) is 12.1 Å². The van der Waals surface area contributed by atoms with Gasteiger partial charge < -0.3 is 10.6 Å². The van der Waals surface area contributed by atoms with Gasteiger partial charge in [0.1, 0.15) is 0 Å². The second-order valence-electron chi connectivity index (χ2n) is 4.50. The molecular formula is C11H20N2OS. The molecule has 1 rings (SSSR count). The van der Waals surface area contributed by atoms with Crippen molar-refractivity contribution in [3.05, 3.63) is 0 Å². The monoisotopic (exact) mass is 228 g/mol. The first-order valence-corrected chi connectivity index (χ1v) is 5.97. The number of thiocarbonyl (C=S) groups is 1.